The van der Waals surface area contributed by atoms with Crippen LogP contribution in [0.3, 0.4) is 0 Å². The van der Waals surface area contributed by atoms with Crippen LogP contribution in [0, 0.1) is 6.92 Å². The number of nitrogens with two attached hydrogens (primary N) is 1. The number of nitrogens with zero attached hydrogens (tertiary/aromatic N) is 2. The first-order chi connectivity index (χ1) is 13.1. The van der Waals surface area contributed by atoms with E-state index in [-0.39, 0.29) is 5.91 Å². The first-order valence-electron chi connectivity index (χ1n) is 8.58. The minimum absolute atomic E-state index is 0.260. The number of carbonyl (C=O) groups is 1. The molecular formula is C20H22N6O. The van der Waals surface area contributed by atoms with Crippen LogP contribution < -0.4 is 21.7 Å². The second kappa shape index (κ2) is 8.29. The molecule has 138 valence electrons. The van der Waals surface area contributed by atoms with Gasteiger partial charge in [0, 0.05) is 31.2 Å². The monoisotopic (exact) mass is 362 g/mol. The summed E-state index contributed by atoms with van der Waals surface area (Å²) in [6, 6.07) is 15.5. The molecule has 5 N–H and O–H groups in total. The number of amides is 1. The lowest BCUT2D eigenvalue weighted by atomic mass is 10.2. The normalized spacial score (nSPS) is 10.3. The first-order valence-corrected chi connectivity index (χ1v) is 8.58. The summed E-state index contributed by atoms with van der Waals surface area (Å²) in [5.74, 6) is 0.554. The Labute approximate surface area is 158 Å². The van der Waals surface area contributed by atoms with Gasteiger partial charge in [-0.1, -0.05) is 24.3 Å². The fraction of sp³-hybridized carbons (Fsp3) is 0.150. The molecule has 0 aliphatic carbocycles. The van der Waals surface area contributed by atoms with Crippen molar-refractivity contribution in [1.29, 1.82) is 0 Å². The van der Waals surface area contributed by atoms with E-state index in [1.165, 1.54) is 6.20 Å². The van der Waals surface area contributed by atoms with Crippen LogP contribution in [0.25, 0.3) is 0 Å². The fourth-order valence-electron chi connectivity index (χ4n) is 2.55. The maximum atomic E-state index is 12.2. The van der Waals surface area contributed by atoms with E-state index in [1.807, 2.05) is 55.5 Å². The van der Waals surface area contributed by atoms with Gasteiger partial charge in [-0.05, 0) is 42.3 Å². The molecule has 0 radical (unpaired) electrons. The molecular weight excluding hydrogens is 340 g/mol. The average molecular weight is 362 g/mol. The lowest BCUT2D eigenvalue weighted by Gasteiger charge is -2.13. The van der Waals surface area contributed by atoms with E-state index in [4.69, 9.17) is 5.73 Å². The molecule has 7 heteroatoms. The Hall–Kier alpha value is -3.45. The summed E-state index contributed by atoms with van der Waals surface area (Å²) < 4.78 is 0. The predicted molar refractivity (Wildman–Crippen MR) is 108 cm³/mol. The van der Waals surface area contributed by atoms with Gasteiger partial charge in [0.25, 0.3) is 5.91 Å². The van der Waals surface area contributed by atoms with Crippen molar-refractivity contribution < 1.29 is 4.79 Å². The highest BCUT2D eigenvalue weighted by molar-refractivity contribution is 5.99. The number of hydrogen-bond donors (Lipinski definition) is 4. The number of anilines is 4. The topological polar surface area (TPSA) is 105 Å². The largest absolute Gasteiger partial charge is 0.355 e. The lowest BCUT2D eigenvalue weighted by molar-refractivity contribution is 0.0963. The zero-order chi connectivity index (χ0) is 19.2. The maximum Gasteiger partial charge on any atom is 0.256 e. The van der Waals surface area contributed by atoms with Crippen LogP contribution >= 0.6 is 0 Å². The average Bonchev–Trinajstić information content (AvgIpc) is 2.68. The van der Waals surface area contributed by atoms with Crippen LogP contribution in [0.5, 0.6) is 0 Å². The Morgan fingerprint density at radius 3 is 2.52 bits per heavy atom. The number of benzene rings is 2. The second-order valence-electron chi connectivity index (χ2n) is 6.06. The van der Waals surface area contributed by atoms with E-state index in [9.17, 15) is 4.79 Å². The van der Waals surface area contributed by atoms with Crippen molar-refractivity contribution >= 4 is 29.0 Å². The van der Waals surface area contributed by atoms with Crippen LogP contribution in [0.15, 0.2) is 54.7 Å². The van der Waals surface area contributed by atoms with Gasteiger partial charge in [0.15, 0.2) is 0 Å². The maximum absolute atomic E-state index is 12.2. The van der Waals surface area contributed by atoms with Crippen LogP contribution in [0.1, 0.15) is 21.5 Å². The third kappa shape index (κ3) is 4.59. The summed E-state index contributed by atoms with van der Waals surface area (Å²) in [6.45, 7) is 2.49. The molecule has 7 nitrogen and oxygen atoms in total. The molecule has 3 rings (SSSR count). The Kier molecular flexibility index (Phi) is 5.63. The third-order valence-electron chi connectivity index (χ3n) is 3.99. The highest BCUT2D eigenvalue weighted by Crippen LogP contribution is 2.22. The molecule has 3 aromatic rings. The highest BCUT2D eigenvalue weighted by Gasteiger charge is 2.14. The van der Waals surface area contributed by atoms with Gasteiger partial charge in [-0.15, -0.1) is 0 Å². The summed E-state index contributed by atoms with van der Waals surface area (Å²) in [5.41, 5.74) is 9.81. The van der Waals surface area contributed by atoms with E-state index >= 15 is 0 Å². The minimum atomic E-state index is -0.260. The van der Waals surface area contributed by atoms with Crippen molar-refractivity contribution in [3.63, 3.8) is 0 Å². The van der Waals surface area contributed by atoms with Crippen molar-refractivity contribution in [3.8, 4) is 0 Å². The lowest BCUT2D eigenvalue weighted by Crippen LogP contribution is -2.20. The molecule has 0 fully saturated rings. The molecule has 1 aromatic heterocycles. The molecule has 0 bridgehead atoms. The predicted octanol–water partition coefficient (Wildman–Crippen LogP) is 3.09. The van der Waals surface area contributed by atoms with Gasteiger partial charge >= 0.3 is 0 Å². The van der Waals surface area contributed by atoms with Gasteiger partial charge in [0.2, 0.25) is 5.95 Å². The standard InChI is InChI=1S/C20H22N6O/c1-13-4-3-5-16(10-13)24-18-17(19(27)22-2)12-23-20(26-18)25-15-8-6-14(11-21)7-9-15/h3-10,12H,11,21H2,1-2H3,(H,22,27)(H2,23,24,25,26). The Morgan fingerprint density at radius 2 is 1.85 bits per heavy atom. The Bertz CT molecular complexity index is 939. The van der Waals surface area contributed by atoms with E-state index in [0.717, 1.165) is 22.5 Å². The summed E-state index contributed by atoms with van der Waals surface area (Å²) in [6.07, 6.45) is 1.50. The van der Waals surface area contributed by atoms with Crippen molar-refractivity contribution in [1.82, 2.24) is 15.3 Å². The smallest absolute Gasteiger partial charge is 0.256 e. The number of carbonyl (C=O) groups excluding carboxylic acids is 1. The van der Waals surface area contributed by atoms with Gasteiger partial charge in [-0.3, -0.25) is 4.79 Å². The van der Waals surface area contributed by atoms with Crippen molar-refractivity contribution in [3.05, 3.63) is 71.4 Å². The van der Waals surface area contributed by atoms with Gasteiger partial charge in [0.05, 0.1) is 0 Å². The molecule has 0 unspecified atom stereocenters. The molecule has 1 amide bonds. The molecule has 0 aliphatic rings. The van der Waals surface area contributed by atoms with Gasteiger partial charge in [-0.25, -0.2) is 4.98 Å². The summed E-state index contributed by atoms with van der Waals surface area (Å²) >= 11 is 0. The molecule has 0 aliphatic heterocycles. The van der Waals surface area contributed by atoms with E-state index < -0.39 is 0 Å². The Morgan fingerprint density at radius 1 is 1.07 bits per heavy atom. The van der Waals surface area contributed by atoms with E-state index in [0.29, 0.717) is 23.9 Å². The third-order valence-corrected chi connectivity index (χ3v) is 3.99. The van der Waals surface area contributed by atoms with E-state index in [1.54, 1.807) is 7.05 Å². The summed E-state index contributed by atoms with van der Waals surface area (Å²) in [5, 5.41) is 8.96. The Balaban J connectivity index is 1.90. The molecule has 1 heterocycles. The van der Waals surface area contributed by atoms with E-state index in [2.05, 4.69) is 25.9 Å². The van der Waals surface area contributed by atoms with Crippen LogP contribution in [-0.2, 0) is 6.54 Å². The second-order valence-corrected chi connectivity index (χ2v) is 6.06. The number of rotatable bonds is 6. The number of aryl methyl sites for hydroxylation is 1. The zero-order valence-corrected chi connectivity index (χ0v) is 15.3. The van der Waals surface area contributed by atoms with Crippen molar-refractivity contribution in [2.24, 2.45) is 5.73 Å². The number of nitrogens with one attached hydrogen (secondary N) is 3. The highest BCUT2D eigenvalue weighted by atomic mass is 16.1. The zero-order valence-electron chi connectivity index (χ0n) is 15.3. The first kappa shape index (κ1) is 18.3. The fourth-order valence-corrected chi connectivity index (χ4v) is 2.55. The molecule has 0 spiro atoms. The molecule has 2 aromatic carbocycles. The summed E-state index contributed by atoms with van der Waals surface area (Å²) in [7, 11) is 1.57. The molecule has 0 saturated heterocycles. The quantitative estimate of drug-likeness (QED) is 0.537. The van der Waals surface area contributed by atoms with Crippen molar-refractivity contribution in [2.45, 2.75) is 13.5 Å². The molecule has 27 heavy (non-hydrogen) atoms. The minimum Gasteiger partial charge on any atom is -0.355 e. The van der Waals surface area contributed by atoms with Crippen molar-refractivity contribution in [2.75, 3.05) is 17.7 Å². The molecule has 0 atom stereocenters. The van der Waals surface area contributed by atoms with Gasteiger partial charge in [0.1, 0.15) is 11.4 Å². The molecule has 0 saturated carbocycles. The summed E-state index contributed by atoms with van der Waals surface area (Å²) in [4.78, 5) is 20.9. The van der Waals surface area contributed by atoms with Gasteiger partial charge < -0.3 is 21.7 Å². The van der Waals surface area contributed by atoms with Crippen LogP contribution in [0.2, 0.25) is 0 Å². The number of aromatic nitrogens is 2. The van der Waals surface area contributed by atoms with Gasteiger partial charge in [-0.2, -0.15) is 4.98 Å². The number of hydrogen-bond acceptors (Lipinski definition) is 6. The SMILES string of the molecule is CNC(=O)c1cnc(Nc2ccc(CN)cc2)nc1Nc1cccc(C)c1. The van der Waals surface area contributed by atoms with Crippen LogP contribution in [0.4, 0.5) is 23.1 Å². The van der Waals surface area contributed by atoms with Crippen LogP contribution in [-0.4, -0.2) is 22.9 Å².